The fourth-order valence-corrected chi connectivity index (χ4v) is 1.34. The molecule has 6 heteroatoms. The van der Waals surface area contributed by atoms with Crippen LogP contribution in [0.5, 0.6) is 5.88 Å². The van der Waals surface area contributed by atoms with Crippen LogP contribution in [0.3, 0.4) is 0 Å². The van der Waals surface area contributed by atoms with Gasteiger partial charge in [0, 0.05) is 12.1 Å². The van der Waals surface area contributed by atoms with E-state index in [2.05, 4.69) is 34.8 Å². The summed E-state index contributed by atoms with van der Waals surface area (Å²) in [6.07, 6.45) is 2.02. The summed E-state index contributed by atoms with van der Waals surface area (Å²) in [6, 6.07) is 0. The Morgan fingerprint density at radius 3 is 2.94 bits per heavy atom. The fraction of sp³-hybridized carbons (Fsp3) is 0.800. The zero-order valence-corrected chi connectivity index (χ0v) is 10.8. The standard InChI is InChI=1S/C10H19N3O2S/c1-4-10(2,3)11-5-8(14)7-15-9-6-12-16-13-9/h6,8,11,14H,4-5,7H2,1-3H3. The minimum atomic E-state index is -0.535. The molecule has 0 spiro atoms. The van der Waals surface area contributed by atoms with Crippen molar-refractivity contribution >= 4 is 11.7 Å². The lowest BCUT2D eigenvalue weighted by Crippen LogP contribution is -2.44. The van der Waals surface area contributed by atoms with Gasteiger partial charge in [0.2, 0.25) is 5.88 Å². The Morgan fingerprint density at radius 2 is 2.38 bits per heavy atom. The largest absolute Gasteiger partial charge is 0.473 e. The molecule has 0 aromatic carbocycles. The van der Waals surface area contributed by atoms with E-state index in [4.69, 9.17) is 4.74 Å². The molecule has 0 bridgehead atoms. The maximum Gasteiger partial charge on any atom is 0.245 e. The molecule has 0 aliphatic heterocycles. The third kappa shape index (κ3) is 4.87. The lowest BCUT2D eigenvalue weighted by molar-refractivity contribution is 0.0967. The molecule has 1 unspecified atom stereocenters. The van der Waals surface area contributed by atoms with Gasteiger partial charge in [0.1, 0.15) is 18.9 Å². The Bertz CT molecular complexity index is 290. The molecule has 1 rings (SSSR count). The van der Waals surface area contributed by atoms with Crippen molar-refractivity contribution in [3.63, 3.8) is 0 Å². The number of hydrogen-bond donors (Lipinski definition) is 2. The minimum absolute atomic E-state index is 0.0448. The third-order valence-electron chi connectivity index (χ3n) is 2.46. The van der Waals surface area contributed by atoms with Crippen molar-refractivity contribution in [1.82, 2.24) is 14.1 Å². The van der Waals surface area contributed by atoms with E-state index in [0.717, 1.165) is 18.1 Å². The van der Waals surface area contributed by atoms with Crippen LogP contribution in [-0.2, 0) is 0 Å². The smallest absolute Gasteiger partial charge is 0.245 e. The van der Waals surface area contributed by atoms with Gasteiger partial charge in [-0.05, 0) is 20.3 Å². The lowest BCUT2D eigenvalue weighted by Gasteiger charge is -2.26. The van der Waals surface area contributed by atoms with Crippen molar-refractivity contribution in [1.29, 1.82) is 0 Å². The van der Waals surface area contributed by atoms with Crippen LogP contribution >= 0.6 is 11.7 Å². The summed E-state index contributed by atoms with van der Waals surface area (Å²) >= 11 is 1.09. The second-order valence-electron chi connectivity index (χ2n) is 4.33. The first-order valence-electron chi connectivity index (χ1n) is 5.37. The summed E-state index contributed by atoms with van der Waals surface area (Å²) < 4.78 is 13.0. The van der Waals surface area contributed by atoms with Crippen LogP contribution in [0.15, 0.2) is 6.20 Å². The third-order valence-corrected chi connectivity index (χ3v) is 2.93. The molecule has 0 radical (unpaired) electrons. The normalized spacial score (nSPS) is 13.8. The minimum Gasteiger partial charge on any atom is -0.473 e. The molecule has 0 saturated carbocycles. The summed E-state index contributed by atoms with van der Waals surface area (Å²) in [6.45, 7) is 7.06. The summed E-state index contributed by atoms with van der Waals surface area (Å²) in [7, 11) is 0. The maximum atomic E-state index is 9.67. The van der Waals surface area contributed by atoms with Gasteiger partial charge in [-0.25, -0.2) is 0 Å². The molecule has 5 nitrogen and oxygen atoms in total. The quantitative estimate of drug-likeness (QED) is 0.752. The molecule has 0 aliphatic carbocycles. The molecular formula is C10H19N3O2S. The van der Waals surface area contributed by atoms with Gasteiger partial charge in [0.15, 0.2) is 0 Å². The Morgan fingerprint density at radius 1 is 1.62 bits per heavy atom. The molecule has 16 heavy (non-hydrogen) atoms. The molecule has 1 atom stereocenters. The first kappa shape index (κ1) is 13.3. The predicted octanol–water partition coefficient (Wildman–Crippen LogP) is 1.06. The molecule has 1 aromatic rings. The highest BCUT2D eigenvalue weighted by Crippen LogP contribution is 2.07. The Balaban J connectivity index is 2.18. The Kier molecular flexibility index (Phi) is 5.11. The van der Waals surface area contributed by atoms with Gasteiger partial charge in [-0.2, -0.15) is 4.37 Å². The molecule has 92 valence electrons. The summed E-state index contributed by atoms with van der Waals surface area (Å²) in [5, 5.41) is 12.9. The molecule has 1 heterocycles. The molecule has 0 amide bonds. The highest BCUT2D eigenvalue weighted by molar-refractivity contribution is 6.99. The van der Waals surface area contributed by atoms with E-state index in [-0.39, 0.29) is 12.1 Å². The molecule has 0 fully saturated rings. The number of aliphatic hydroxyl groups is 1. The molecule has 2 N–H and O–H groups in total. The Labute approximate surface area is 100 Å². The van der Waals surface area contributed by atoms with E-state index >= 15 is 0 Å². The van der Waals surface area contributed by atoms with E-state index in [1.165, 1.54) is 0 Å². The van der Waals surface area contributed by atoms with Crippen LogP contribution in [0.2, 0.25) is 0 Å². The van der Waals surface area contributed by atoms with Crippen LogP contribution in [0.1, 0.15) is 27.2 Å². The SMILES string of the molecule is CCC(C)(C)NCC(O)COc1cnsn1. The number of β-amino-alcohol motifs (C(OH)–C–C–N with tert-alkyl or cyclic N) is 1. The monoisotopic (exact) mass is 245 g/mol. The Hall–Kier alpha value is -0.720. The average molecular weight is 245 g/mol. The fourth-order valence-electron chi connectivity index (χ4n) is 0.979. The number of aromatic nitrogens is 2. The van der Waals surface area contributed by atoms with E-state index in [1.54, 1.807) is 6.20 Å². The lowest BCUT2D eigenvalue weighted by atomic mass is 10.0. The number of nitrogens with zero attached hydrogens (tertiary/aromatic N) is 2. The van der Waals surface area contributed by atoms with Gasteiger partial charge in [0.05, 0.1) is 11.7 Å². The number of nitrogens with one attached hydrogen (secondary N) is 1. The second-order valence-corrected chi connectivity index (χ2v) is 4.89. The first-order valence-corrected chi connectivity index (χ1v) is 6.10. The van der Waals surface area contributed by atoms with Crippen LogP contribution in [-0.4, -0.2) is 38.6 Å². The summed E-state index contributed by atoms with van der Waals surface area (Å²) in [5.74, 6) is 0.471. The van der Waals surface area contributed by atoms with Crippen molar-refractivity contribution in [2.45, 2.75) is 38.8 Å². The number of hydrogen-bond acceptors (Lipinski definition) is 6. The van der Waals surface area contributed by atoms with E-state index in [1.807, 2.05) is 0 Å². The van der Waals surface area contributed by atoms with Gasteiger partial charge in [-0.15, -0.1) is 4.37 Å². The van der Waals surface area contributed by atoms with Gasteiger partial charge in [0.25, 0.3) is 0 Å². The van der Waals surface area contributed by atoms with Crippen LogP contribution < -0.4 is 10.1 Å². The maximum absolute atomic E-state index is 9.67. The van der Waals surface area contributed by atoms with Crippen molar-refractivity contribution in [2.24, 2.45) is 0 Å². The van der Waals surface area contributed by atoms with Gasteiger partial charge < -0.3 is 15.2 Å². The van der Waals surface area contributed by atoms with Crippen molar-refractivity contribution in [3.8, 4) is 5.88 Å². The summed E-state index contributed by atoms with van der Waals surface area (Å²) in [5.41, 5.74) is 0.0448. The van der Waals surface area contributed by atoms with Crippen molar-refractivity contribution in [3.05, 3.63) is 6.20 Å². The van der Waals surface area contributed by atoms with Crippen LogP contribution in [0.4, 0.5) is 0 Å². The van der Waals surface area contributed by atoms with E-state index in [0.29, 0.717) is 12.4 Å². The highest BCUT2D eigenvalue weighted by atomic mass is 32.1. The zero-order valence-electron chi connectivity index (χ0n) is 9.93. The highest BCUT2D eigenvalue weighted by Gasteiger charge is 2.16. The van der Waals surface area contributed by atoms with Crippen molar-refractivity contribution < 1.29 is 9.84 Å². The molecule has 0 saturated heterocycles. The number of aliphatic hydroxyl groups excluding tert-OH is 1. The molecule has 0 aliphatic rings. The number of rotatable bonds is 7. The van der Waals surface area contributed by atoms with E-state index in [9.17, 15) is 5.11 Å². The van der Waals surface area contributed by atoms with Gasteiger partial charge >= 0.3 is 0 Å². The average Bonchev–Trinajstić information content (AvgIpc) is 2.76. The molecule has 1 aromatic heterocycles. The van der Waals surface area contributed by atoms with Gasteiger partial charge in [-0.3, -0.25) is 0 Å². The van der Waals surface area contributed by atoms with E-state index < -0.39 is 6.10 Å². The topological polar surface area (TPSA) is 67.3 Å². The summed E-state index contributed by atoms with van der Waals surface area (Å²) in [4.78, 5) is 0. The first-order chi connectivity index (χ1) is 7.53. The van der Waals surface area contributed by atoms with Gasteiger partial charge in [-0.1, -0.05) is 6.92 Å². The van der Waals surface area contributed by atoms with Crippen molar-refractivity contribution in [2.75, 3.05) is 13.2 Å². The second kappa shape index (κ2) is 6.12. The molecular weight excluding hydrogens is 226 g/mol. The number of ether oxygens (including phenoxy) is 1. The predicted molar refractivity (Wildman–Crippen MR) is 63.8 cm³/mol. The van der Waals surface area contributed by atoms with Crippen LogP contribution in [0.25, 0.3) is 0 Å². The zero-order chi connectivity index (χ0) is 12.0. The van der Waals surface area contributed by atoms with Crippen LogP contribution in [0, 0.1) is 0 Å².